The molecule has 3 N–H and O–H groups in total. The molecule has 186 valence electrons. The molecule has 3 amide bonds. The summed E-state index contributed by atoms with van der Waals surface area (Å²) in [5.74, 6) is -1.61. The highest BCUT2D eigenvalue weighted by Crippen LogP contribution is 2.68. The lowest BCUT2D eigenvalue weighted by Crippen LogP contribution is -2.55. The fourth-order valence-electron chi connectivity index (χ4n) is 5.88. The first-order valence-electron chi connectivity index (χ1n) is 12.3. The van der Waals surface area contributed by atoms with Gasteiger partial charge in [-0.2, -0.15) is 0 Å². The number of fused-ring (bicyclic) bond motifs is 1. The number of benzene rings is 1. The number of nitrogens with one attached hydrogen (secondary N) is 2. The summed E-state index contributed by atoms with van der Waals surface area (Å²) in [6.45, 7) is 4.86. The van der Waals surface area contributed by atoms with Crippen molar-refractivity contribution in [3.63, 3.8) is 0 Å². The zero-order valence-corrected chi connectivity index (χ0v) is 22.1. The molecule has 3 heterocycles. The molecule has 4 rings (SSSR count). The summed E-state index contributed by atoms with van der Waals surface area (Å²) in [7, 11) is 0. The topological polar surface area (TPSA) is 98.7 Å². The summed E-state index contributed by atoms with van der Waals surface area (Å²) < 4.78 is -0.706. The Bertz CT molecular complexity index is 919. The first-order chi connectivity index (χ1) is 16.4. The number of aliphatic hydroxyl groups is 1. The van der Waals surface area contributed by atoms with Crippen molar-refractivity contribution in [1.82, 2.24) is 15.5 Å². The Morgan fingerprint density at radius 1 is 1.18 bits per heavy atom. The molecule has 0 aromatic heterocycles. The molecule has 3 aliphatic heterocycles. The van der Waals surface area contributed by atoms with Gasteiger partial charge >= 0.3 is 0 Å². The molecule has 7 atom stereocenters. The zero-order chi connectivity index (χ0) is 24.5. The van der Waals surface area contributed by atoms with Crippen LogP contribution in [0.1, 0.15) is 51.1 Å². The molecule has 3 aliphatic rings. The van der Waals surface area contributed by atoms with E-state index in [1.807, 2.05) is 37.3 Å². The number of likely N-dealkylation sites (tertiary alicyclic amines) is 1. The minimum atomic E-state index is -0.752. The molecular formula is C25H34BrN3O4S. The van der Waals surface area contributed by atoms with Gasteiger partial charge in [0.25, 0.3) is 0 Å². The number of carbonyl (C=O) groups excluding carboxylic acids is 3. The highest BCUT2D eigenvalue weighted by Gasteiger charge is 2.76. The minimum absolute atomic E-state index is 0.0362. The van der Waals surface area contributed by atoms with E-state index in [1.165, 1.54) is 0 Å². The van der Waals surface area contributed by atoms with Gasteiger partial charge in [0.1, 0.15) is 6.04 Å². The molecule has 2 bridgehead atoms. The maximum atomic E-state index is 14.1. The van der Waals surface area contributed by atoms with Gasteiger partial charge in [0, 0.05) is 23.2 Å². The van der Waals surface area contributed by atoms with Crippen LogP contribution in [0.15, 0.2) is 30.3 Å². The predicted octanol–water partition coefficient (Wildman–Crippen LogP) is 2.63. The highest BCUT2D eigenvalue weighted by atomic mass is 79.9. The number of aliphatic hydroxyl groups excluding tert-OH is 1. The lowest BCUT2D eigenvalue weighted by atomic mass is 9.70. The number of nitrogens with zero attached hydrogens (tertiary/aromatic N) is 1. The van der Waals surface area contributed by atoms with Gasteiger partial charge in [0.05, 0.1) is 29.2 Å². The number of amides is 3. The number of hydrogen-bond acceptors (Lipinski definition) is 5. The van der Waals surface area contributed by atoms with Crippen LogP contribution in [0.2, 0.25) is 0 Å². The second kappa shape index (κ2) is 10.6. The van der Waals surface area contributed by atoms with Crippen molar-refractivity contribution in [1.29, 1.82) is 0 Å². The molecule has 3 fully saturated rings. The van der Waals surface area contributed by atoms with Gasteiger partial charge in [-0.1, -0.05) is 66.5 Å². The smallest absolute Gasteiger partial charge is 0.244 e. The molecule has 7 nitrogen and oxygen atoms in total. The average molecular weight is 553 g/mol. The Morgan fingerprint density at radius 3 is 2.53 bits per heavy atom. The largest absolute Gasteiger partial charge is 0.394 e. The number of halogens is 1. The number of thioether (sulfide) groups is 1. The quantitative estimate of drug-likeness (QED) is 0.306. The molecular weight excluding hydrogens is 518 g/mol. The van der Waals surface area contributed by atoms with Crippen molar-refractivity contribution in [2.45, 2.75) is 66.4 Å². The van der Waals surface area contributed by atoms with Gasteiger partial charge < -0.3 is 20.6 Å². The van der Waals surface area contributed by atoms with E-state index >= 15 is 0 Å². The summed E-state index contributed by atoms with van der Waals surface area (Å²) >= 11 is 5.39. The molecule has 34 heavy (non-hydrogen) atoms. The number of alkyl halides is 1. The van der Waals surface area contributed by atoms with Crippen molar-refractivity contribution in [2.75, 3.05) is 19.7 Å². The Hall–Kier alpha value is -1.58. The molecule has 3 unspecified atom stereocenters. The Morgan fingerprint density at radius 2 is 1.88 bits per heavy atom. The second-order valence-electron chi connectivity index (χ2n) is 9.45. The Kier molecular flexibility index (Phi) is 7.94. The van der Waals surface area contributed by atoms with Gasteiger partial charge in [0.15, 0.2) is 0 Å². The fraction of sp³-hybridized carbons (Fsp3) is 0.640. The summed E-state index contributed by atoms with van der Waals surface area (Å²) in [4.78, 5) is 42.7. The van der Waals surface area contributed by atoms with E-state index in [2.05, 4.69) is 33.5 Å². The summed E-state index contributed by atoms with van der Waals surface area (Å²) in [5.41, 5.74) is 0.781. The van der Waals surface area contributed by atoms with Crippen LogP contribution in [0.25, 0.3) is 0 Å². The van der Waals surface area contributed by atoms with Crippen LogP contribution < -0.4 is 10.6 Å². The third-order valence-corrected chi connectivity index (χ3v) is 10.6. The van der Waals surface area contributed by atoms with Crippen LogP contribution in [-0.2, 0) is 14.4 Å². The monoisotopic (exact) mass is 551 g/mol. The van der Waals surface area contributed by atoms with E-state index in [9.17, 15) is 19.5 Å². The SMILES string of the molecule is CCCCNC(=O)C1N([C@H](CO)c2ccccc2)C(=O)[C@@H]2[C@H](C(=O)NCCC)[C@H]3SC12CC3Br. The molecule has 3 saturated heterocycles. The second-order valence-corrected chi connectivity index (χ2v) is 12.2. The first kappa shape index (κ1) is 25.5. The molecule has 1 aromatic carbocycles. The normalized spacial score (nSPS) is 32.5. The lowest BCUT2D eigenvalue weighted by molar-refractivity contribution is -0.142. The standard InChI is InChI=1S/C25H34BrN3O4S/c1-3-5-12-28-23(32)21-25-13-16(26)20(34-25)18(22(31)27-11-4-2)19(25)24(33)29(21)17(14-30)15-9-7-6-8-10-15/h6-10,16-21,30H,3-5,11-14H2,1-2H3,(H,27,31)(H,28,32)/t16?,17-,18+,19+,20+,21?,25?/m1/s1. The molecule has 9 heteroatoms. The van der Waals surface area contributed by atoms with Crippen LogP contribution in [-0.4, -0.2) is 68.3 Å². The third-order valence-electron chi connectivity index (χ3n) is 7.35. The Labute approximate surface area is 213 Å². The van der Waals surface area contributed by atoms with Crippen LogP contribution >= 0.6 is 27.7 Å². The van der Waals surface area contributed by atoms with Crippen LogP contribution in [0.3, 0.4) is 0 Å². The van der Waals surface area contributed by atoms with Gasteiger partial charge in [-0.3, -0.25) is 14.4 Å². The lowest BCUT2D eigenvalue weighted by Gasteiger charge is -2.37. The maximum absolute atomic E-state index is 14.1. The van der Waals surface area contributed by atoms with E-state index in [0.29, 0.717) is 19.5 Å². The third kappa shape index (κ3) is 4.17. The van der Waals surface area contributed by atoms with Crippen molar-refractivity contribution in [3.8, 4) is 0 Å². The van der Waals surface area contributed by atoms with E-state index in [1.54, 1.807) is 16.7 Å². The summed E-state index contributed by atoms with van der Waals surface area (Å²) in [6.07, 6.45) is 3.24. The van der Waals surface area contributed by atoms with Crippen LogP contribution in [0.4, 0.5) is 0 Å². The number of rotatable bonds is 10. The number of unbranched alkanes of at least 4 members (excludes halogenated alkanes) is 1. The zero-order valence-electron chi connectivity index (χ0n) is 19.7. The van der Waals surface area contributed by atoms with Crippen molar-refractivity contribution in [3.05, 3.63) is 35.9 Å². The highest BCUT2D eigenvalue weighted by molar-refractivity contribution is 9.09. The van der Waals surface area contributed by atoms with Crippen molar-refractivity contribution in [2.24, 2.45) is 11.8 Å². The van der Waals surface area contributed by atoms with Gasteiger partial charge in [0.2, 0.25) is 17.7 Å². The minimum Gasteiger partial charge on any atom is -0.394 e. The van der Waals surface area contributed by atoms with Gasteiger partial charge in [-0.25, -0.2) is 0 Å². The first-order valence-corrected chi connectivity index (χ1v) is 14.1. The van der Waals surface area contributed by atoms with E-state index in [4.69, 9.17) is 0 Å². The van der Waals surface area contributed by atoms with E-state index in [0.717, 1.165) is 24.8 Å². The van der Waals surface area contributed by atoms with Crippen molar-refractivity contribution >= 4 is 45.4 Å². The van der Waals surface area contributed by atoms with Crippen LogP contribution in [0.5, 0.6) is 0 Å². The predicted molar refractivity (Wildman–Crippen MR) is 137 cm³/mol. The molecule has 0 radical (unpaired) electrons. The van der Waals surface area contributed by atoms with Crippen molar-refractivity contribution < 1.29 is 19.5 Å². The van der Waals surface area contributed by atoms with Gasteiger partial charge in [-0.15, -0.1) is 11.8 Å². The van der Waals surface area contributed by atoms with Gasteiger partial charge in [-0.05, 0) is 24.8 Å². The molecule has 1 spiro atoms. The van der Waals surface area contributed by atoms with E-state index in [-0.39, 0.29) is 34.4 Å². The fourth-order valence-corrected chi connectivity index (χ4v) is 9.48. The summed E-state index contributed by atoms with van der Waals surface area (Å²) in [6, 6.07) is 7.95. The number of carbonyl (C=O) groups is 3. The molecule has 0 aliphatic carbocycles. The number of hydrogen-bond donors (Lipinski definition) is 3. The van der Waals surface area contributed by atoms with Crippen LogP contribution in [0, 0.1) is 11.8 Å². The maximum Gasteiger partial charge on any atom is 0.244 e. The average Bonchev–Trinajstić information content (AvgIpc) is 3.43. The summed E-state index contributed by atoms with van der Waals surface area (Å²) in [5, 5.41) is 16.4. The van der Waals surface area contributed by atoms with E-state index < -0.39 is 28.7 Å². The Balaban J connectivity index is 1.76. The molecule has 0 saturated carbocycles. The molecule has 1 aromatic rings.